The first kappa shape index (κ1) is 10.1. The molecule has 3 rings (SSSR count). The number of hydrogen-bond acceptors (Lipinski definition) is 3. The molecule has 1 aliphatic carbocycles. The largest absolute Gasteiger partial charge is 0.215 e. The van der Waals surface area contributed by atoms with Crippen LogP contribution in [0.1, 0.15) is 17.2 Å². The number of hydrogen-bond donors (Lipinski definition) is 1. The van der Waals surface area contributed by atoms with E-state index in [0.29, 0.717) is 12.5 Å². The molecule has 0 unspecified atom stereocenters. The predicted molar refractivity (Wildman–Crippen MR) is 60.9 cm³/mol. The Labute approximate surface area is 97.5 Å². The Balaban J connectivity index is 1.92. The number of thiophene rings is 1. The average molecular weight is 264 g/mol. The summed E-state index contributed by atoms with van der Waals surface area (Å²) in [6.07, 6.45) is 0.966. The van der Waals surface area contributed by atoms with Gasteiger partial charge in [0, 0.05) is 17.3 Å². The Hall–Kier alpha value is -0.100. The lowest BCUT2D eigenvalue weighted by Crippen LogP contribution is -2.41. The molecule has 1 saturated heterocycles. The van der Waals surface area contributed by atoms with Gasteiger partial charge in [-0.1, -0.05) is 11.6 Å². The van der Waals surface area contributed by atoms with Crippen molar-refractivity contribution < 1.29 is 8.42 Å². The molecule has 3 nitrogen and oxygen atoms in total. The third-order valence-electron chi connectivity index (χ3n) is 3.28. The fraction of sp³-hybridized carbons (Fsp3) is 0.556. The Morgan fingerprint density at radius 1 is 1.47 bits per heavy atom. The van der Waals surface area contributed by atoms with Crippen LogP contribution in [0.3, 0.4) is 0 Å². The zero-order chi connectivity index (χ0) is 10.6. The van der Waals surface area contributed by atoms with Crippen LogP contribution in [0.5, 0.6) is 0 Å². The highest BCUT2D eigenvalue weighted by atomic mass is 35.5. The third kappa shape index (κ3) is 1.45. The second kappa shape index (κ2) is 3.20. The van der Waals surface area contributed by atoms with Gasteiger partial charge in [0.25, 0.3) is 0 Å². The third-order valence-corrected chi connectivity index (χ3v) is 6.64. The molecule has 82 valence electrons. The summed E-state index contributed by atoms with van der Waals surface area (Å²) in [5, 5.41) is -0.216. The number of sulfonamides is 1. The second-order valence-electron chi connectivity index (χ2n) is 4.10. The average Bonchev–Trinajstić information content (AvgIpc) is 2.56. The minimum Gasteiger partial charge on any atom is -0.215 e. The van der Waals surface area contributed by atoms with Gasteiger partial charge in [-0.25, -0.2) is 13.1 Å². The molecule has 0 spiro atoms. The van der Waals surface area contributed by atoms with Crippen molar-refractivity contribution in [2.24, 2.45) is 5.92 Å². The standard InChI is InChI=1S/C9H10ClNO2S2/c10-8-2-1-7(14-8)6-3-5-4-11-15(12,13)9(5)6/h1-2,5-6,9,11H,3-4H2/t5-,6-,9+/m0/s1. The molecule has 2 aliphatic rings. The van der Waals surface area contributed by atoms with E-state index >= 15 is 0 Å². The lowest BCUT2D eigenvalue weighted by molar-refractivity contribution is 0.298. The molecule has 1 N–H and O–H groups in total. The van der Waals surface area contributed by atoms with E-state index in [-0.39, 0.29) is 11.2 Å². The second-order valence-corrected chi connectivity index (χ2v) is 7.77. The van der Waals surface area contributed by atoms with Crippen LogP contribution in [0, 0.1) is 5.92 Å². The summed E-state index contributed by atoms with van der Waals surface area (Å²) in [6.45, 7) is 0.614. The maximum atomic E-state index is 11.7. The van der Waals surface area contributed by atoms with Crippen molar-refractivity contribution in [3.63, 3.8) is 0 Å². The molecule has 1 saturated carbocycles. The zero-order valence-corrected chi connectivity index (χ0v) is 10.2. The van der Waals surface area contributed by atoms with Crippen molar-refractivity contribution in [2.75, 3.05) is 6.54 Å². The Kier molecular flexibility index (Phi) is 2.15. The molecule has 0 bridgehead atoms. The molecule has 1 aliphatic heterocycles. The molecule has 3 atom stereocenters. The highest BCUT2D eigenvalue weighted by molar-refractivity contribution is 7.90. The van der Waals surface area contributed by atoms with Crippen molar-refractivity contribution in [3.8, 4) is 0 Å². The first-order valence-corrected chi connectivity index (χ1v) is 7.56. The highest BCUT2D eigenvalue weighted by Gasteiger charge is 2.54. The number of nitrogens with one attached hydrogen (secondary N) is 1. The van der Waals surface area contributed by atoms with Crippen molar-refractivity contribution >= 4 is 33.0 Å². The van der Waals surface area contributed by atoms with Crippen molar-refractivity contribution in [2.45, 2.75) is 17.6 Å². The van der Waals surface area contributed by atoms with Gasteiger partial charge in [0.2, 0.25) is 10.0 Å². The zero-order valence-electron chi connectivity index (χ0n) is 7.81. The van der Waals surface area contributed by atoms with Crippen LogP contribution < -0.4 is 4.72 Å². The van der Waals surface area contributed by atoms with Gasteiger partial charge < -0.3 is 0 Å². The van der Waals surface area contributed by atoms with Gasteiger partial charge in [0.1, 0.15) is 0 Å². The smallest absolute Gasteiger partial charge is 0.215 e. The first-order valence-electron chi connectivity index (χ1n) is 4.81. The predicted octanol–water partition coefficient (Wildman–Crippen LogP) is 1.81. The van der Waals surface area contributed by atoms with Crippen LogP contribution in [0.25, 0.3) is 0 Å². The van der Waals surface area contributed by atoms with Gasteiger partial charge in [-0.3, -0.25) is 0 Å². The quantitative estimate of drug-likeness (QED) is 0.840. The van der Waals surface area contributed by atoms with E-state index < -0.39 is 10.0 Å². The fourth-order valence-electron chi connectivity index (χ4n) is 2.52. The summed E-state index contributed by atoms with van der Waals surface area (Å²) in [5.74, 6) is 0.466. The Bertz CT molecular complexity index is 496. The highest BCUT2D eigenvalue weighted by Crippen LogP contribution is 2.50. The summed E-state index contributed by atoms with van der Waals surface area (Å²) < 4.78 is 26.7. The molecule has 6 heteroatoms. The minimum atomic E-state index is -3.06. The lowest BCUT2D eigenvalue weighted by atomic mass is 9.74. The van der Waals surface area contributed by atoms with E-state index in [2.05, 4.69) is 4.72 Å². The Morgan fingerprint density at radius 3 is 2.87 bits per heavy atom. The van der Waals surface area contributed by atoms with E-state index in [1.54, 1.807) is 0 Å². The molecule has 2 heterocycles. The topological polar surface area (TPSA) is 46.2 Å². The van der Waals surface area contributed by atoms with E-state index in [1.807, 2.05) is 12.1 Å². The van der Waals surface area contributed by atoms with Gasteiger partial charge in [-0.05, 0) is 24.5 Å². The number of rotatable bonds is 1. The van der Waals surface area contributed by atoms with E-state index in [9.17, 15) is 8.42 Å². The minimum absolute atomic E-state index is 0.160. The lowest BCUT2D eigenvalue weighted by Gasteiger charge is -2.37. The molecule has 2 fully saturated rings. The summed E-state index contributed by atoms with van der Waals surface area (Å²) in [5.41, 5.74) is 0. The van der Waals surface area contributed by atoms with E-state index in [1.165, 1.54) is 11.3 Å². The van der Waals surface area contributed by atoms with Gasteiger partial charge >= 0.3 is 0 Å². The molecular weight excluding hydrogens is 254 g/mol. The summed E-state index contributed by atoms with van der Waals surface area (Å²) >= 11 is 7.35. The van der Waals surface area contributed by atoms with Crippen molar-refractivity contribution in [3.05, 3.63) is 21.3 Å². The van der Waals surface area contributed by atoms with Gasteiger partial charge in [-0.15, -0.1) is 11.3 Å². The summed E-state index contributed by atoms with van der Waals surface area (Å²) in [7, 11) is -3.06. The Morgan fingerprint density at radius 2 is 2.27 bits per heavy atom. The maximum Gasteiger partial charge on any atom is 0.215 e. The van der Waals surface area contributed by atoms with Crippen LogP contribution in [0.4, 0.5) is 0 Å². The maximum absolute atomic E-state index is 11.7. The fourth-order valence-corrected chi connectivity index (χ4v) is 5.87. The van der Waals surface area contributed by atoms with E-state index in [0.717, 1.165) is 15.6 Å². The van der Waals surface area contributed by atoms with Crippen LogP contribution in [-0.2, 0) is 10.0 Å². The molecule has 1 aromatic heterocycles. The van der Waals surface area contributed by atoms with Gasteiger partial charge in [0.05, 0.1) is 9.59 Å². The number of fused-ring (bicyclic) bond motifs is 1. The van der Waals surface area contributed by atoms with Gasteiger partial charge in [0.15, 0.2) is 0 Å². The van der Waals surface area contributed by atoms with Crippen LogP contribution in [-0.4, -0.2) is 20.2 Å². The summed E-state index contributed by atoms with van der Waals surface area (Å²) in [6, 6.07) is 3.78. The molecule has 1 aromatic rings. The number of halogens is 1. The van der Waals surface area contributed by atoms with E-state index in [4.69, 9.17) is 11.6 Å². The van der Waals surface area contributed by atoms with Crippen molar-refractivity contribution in [1.29, 1.82) is 0 Å². The van der Waals surface area contributed by atoms with Crippen molar-refractivity contribution in [1.82, 2.24) is 4.72 Å². The normalized spacial score (nSPS) is 37.3. The first-order chi connectivity index (χ1) is 7.08. The van der Waals surface area contributed by atoms with Gasteiger partial charge in [-0.2, -0.15) is 0 Å². The SMILES string of the molecule is O=S1(=O)NC[C@@H]2C[C@@H](c3ccc(Cl)s3)[C@@H]21. The monoisotopic (exact) mass is 263 g/mol. The molecule has 0 amide bonds. The molecule has 0 radical (unpaired) electrons. The molecular formula is C9H10ClNO2S2. The summed E-state index contributed by atoms with van der Waals surface area (Å²) in [4.78, 5) is 1.11. The van der Waals surface area contributed by atoms with Crippen LogP contribution in [0.2, 0.25) is 4.34 Å². The van der Waals surface area contributed by atoms with Crippen LogP contribution in [0.15, 0.2) is 12.1 Å². The van der Waals surface area contributed by atoms with Crippen LogP contribution >= 0.6 is 22.9 Å². The molecule has 15 heavy (non-hydrogen) atoms. The molecule has 0 aromatic carbocycles.